The molecule has 3 fully saturated rings. The van der Waals surface area contributed by atoms with Crippen LogP contribution in [0, 0.1) is 11.8 Å². The highest BCUT2D eigenvalue weighted by Gasteiger charge is 2.75. The summed E-state index contributed by atoms with van der Waals surface area (Å²) in [5.41, 5.74) is -0.516. The summed E-state index contributed by atoms with van der Waals surface area (Å²) in [7, 11) is 1.51. The van der Waals surface area contributed by atoms with Crippen LogP contribution in [0.4, 0.5) is 0 Å². The quantitative estimate of drug-likeness (QED) is 0.122. The van der Waals surface area contributed by atoms with Crippen LogP contribution in [0.2, 0.25) is 0 Å². The second-order valence-electron chi connectivity index (χ2n) is 13.2. The molecule has 1 aromatic carbocycles. The normalized spacial score (nSPS) is 26.0. The standard InChI is InChI=1S/C37H53N3O8/c1-6-9-18-29(42)38-27(24-46-5)32(26-16-11-10-12-17-26)47-36(45)30-28-19-20-37(48-28)31(30)34(43)40(22-13-14-23-41)33(37)35(44)39(21-8-3)25(4)15-7-2/h6,8,10-12,16-17,25,27-28,30-33,41H,1,3,7,9,13-15,18-24H2,2,4-5H3,(H,38,42)/t25?,27-,28-,30+,31+,32-,33-,37+/m1/s1. The average Bonchev–Trinajstić information content (AvgIpc) is 3.72. The predicted octanol–water partition coefficient (Wildman–Crippen LogP) is 3.72. The van der Waals surface area contributed by atoms with Gasteiger partial charge in [-0.05, 0) is 51.0 Å². The fourth-order valence-corrected chi connectivity index (χ4v) is 7.82. The molecule has 3 heterocycles. The van der Waals surface area contributed by atoms with Crippen molar-refractivity contribution in [3.63, 3.8) is 0 Å². The first-order chi connectivity index (χ1) is 23.2. The van der Waals surface area contributed by atoms with E-state index in [4.69, 9.17) is 14.2 Å². The summed E-state index contributed by atoms with van der Waals surface area (Å²) >= 11 is 0. The molecule has 8 atom stereocenters. The molecule has 2 N–H and O–H groups in total. The second kappa shape index (κ2) is 17.2. The number of likely N-dealkylation sites (tertiary alicyclic amines) is 1. The molecule has 0 radical (unpaired) electrons. The van der Waals surface area contributed by atoms with Gasteiger partial charge in [0.15, 0.2) is 0 Å². The number of rotatable bonds is 20. The molecule has 3 aliphatic rings. The number of hydrogen-bond acceptors (Lipinski definition) is 8. The van der Waals surface area contributed by atoms with Crippen molar-refractivity contribution < 1.29 is 38.5 Å². The van der Waals surface area contributed by atoms with Crippen LogP contribution >= 0.6 is 0 Å². The number of benzene rings is 1. The molecule has 0 aliphatic carbocycles. The summed E-state index contributed by atoms with van der Waals surface area (Å²) in [4.78, 5) is 59.5. The van der Waals surface area contributed by atoms with Crippen molar-refractivity contribution in [2.45, 2.75) is 101 Å². The molecule has 264 valence electrons. The lowest BCUT2D eigenvalue weighted by Gasteiger charge is -2.39. The fraction of sp³-hybridized carbons (Fsp3) is 0.622. The number of nitrogens with one attached hydrogen (secondary N) is 1. The Morgan fingerprint density at radius 3 is 2.60 bits per heavy atom. The lowest BCUT2D eigenvalue weighted by atomic mass is 9.70. The monoisotopic (exact) mass is 667 g/mol. The number of allylic oxidation sites excluding steroid dienone is 1. The first kappa shape index (κ1) is 37.3. The molecule has 11 nitrogen and oxygen atoms in total. The maximum atomic E-state index is 14.5. The van der Waals surface area contributed by atoms with E-state index in [2.05, 4.69) is 25.4 Å². The molecule has 2 bridgehead atoms. The number of fused-ring (bicyclic) bond motifs is 1. The topological polar surface area (TPSA) is 135 Å². The van der Waals surface area contributed by atoms with Gasteiger partial charge in [-0.15, -0.1) is 13.2 Å². The zero-order valence-electron chi connectivity index (χ0n) is 28.7. The Morgan fingerprint density at radius 1 is 1.21 bits per heavy atom. The van der Waals surface area contributed by atoms with Crippen LogP contribution in [-0.2, 0) is 33.4 Å². The molecular weight excluding hydrogens is 614 g/mol. The Kier molecular flexibility index (Phi) is 13.4. The number of aliphatic hydroxyl groups is 1. The number of carbonyl (C=O) groups excluding carboxylic acids is 4. The third kappa shape index (κ3) is 7.68. The van der Waals surface area contributed by atoms with Crippen molar-refractivity contribution in [1.29, 1.82) is 0 Å². The van der Waals surface area contributed by atoms with Crippen LogP contribution in [0.1, 0.15) is 76.9 Å². The van der Waals surface area contributed by atoms with Gasteiger partial charge in [0.2, 0.25) is 17.7 Å². The van der Waals surface area contributed by atoms with E-state index in [0.29, 0.717) is 44.2 Å². The number of hydrogen-bond donors (Lipinski definition) is 2. The molecule has 11 heteroatoms. The molecule has 3 saturated heterocycles. The number of unbranched alkanes of at least 4 members (excludes halogenated alkanes) is 1. The van der Waals surface area contributed by atoms with Crippen LogP contribution in [0.15, 0.2) is 55.6 Å². The summed E-state index contributed by atoms with van der Waals surface area (Å²) in [6.07, 6.45) is 6.16. The van der Waals surface area contributed by atoms with Crippen LogP contribution < -0.4 is 5.32 Å². The maximum absolute atomic E-state index is 14.5. The maximum Gasteiger partial charge on any atom is 0.313 e. The van der Waals surface area contributed by atoms with E-state index in [-0.39, 0.29) is 49.9 Å². The van der Waals surface area contributed by atoms with E-state index in [1.165, 1.54) is 7.11 Å². The number of ether oxygens (including phenoxy) is 3. The minimum absolute atomic E-state index is 0.0352. The van der Waals surface area contributed by atoms with Crippen molar-refractivity contribution in [2.24, 2.45) is 11.8 Å². The number of nitrogens with zero attached hydrogens (tertiary/aromatic N) is 2. The Morgan fingerprint density at radius 2 is 1.96 bits per heavy atom. The lowest BCUT2D eigenvalue weighted by Crippen LogP contribution is -2.58. The van der Waals surface area contributed by atoms with Crippen molar-refractivity contribution in [1.82, 2.24) is 15.1 Å². The number of carbonyl (C=O) groups is 4. The van der Waals surface area contributed by atoms with Gasteiger partial charge in [0.1, 0.15) is 17.7 Å². The van der Waals surface area contributed by atoms with Gasteiger partial charge in [0, 0.05) is 39.3 Å². The van der Waals surface area contributed by atoms with Crippen molar-refractivity contribution in [3.05, 3.63) is 61.2 Å². The zero-order chi connectivity index (χ0) is 34.8. The molecule has 1 aromatic rings. The van der Waals surface area contributed by atoms with Crippen molar-refractivity contribution in [2.75, 3.05) is 33.4 Å². The molecular formula is C37H53N3O8. The van der Waals surface area contributed by atoms with Gasteiger partial charge in [0.25, 0.3) is 0 Å². The van der Waals surface area contributed by atoms with Crippen LogP contribution in [-0.4, -0.2) is 102 Å². The van der Waals surface area contributed by atoms with Gasteiger partial charge < -0.3 is 34.4 Å². The third-order valence-corrected chi connectivity index (χ3v) is 9.97. The highest BCUT2D eigenvalue weighted by atomic mass is 16.6. The van der Waals surface area contributed by atoms with Gasteiger partial charge in [-0.25, -0.2) is 0 Å². The highest BCUT2D eigenvalue weighted by Crippen LogP contribution is 2.59. The van der Waals surface area contributed by atoms with Crippen molar-refractivity contribution >= 4 is 23.7 Å². The molecule has 1 unspecified atom stereocenters. The Bertz CT molecular complexity index is 1290. The summed E-state index contributed by atoms with van der Waals surface area (Å²) in [5, 5.41) is 12.5. The lowest BCUT2D eigenvalue weighted by molar-refractivity contribution is -0.163. The molecule has 1 spiro atoms. The first-order valence-electron chi connectivity index (χ1n) is 17.3. The Balaban J connectivity index is 1.68. The Hall–Kier alpha value is -3.54. The van der Waals surface area contributed by atoms with Crippen LogP contribution in [0.25, 0.3) is 0 Å². The van der Waals surface area contributed by atoms with E-state index in [1.54, 1.807) is 22.0 Å². The molecule has 0 saturated carbocycles. The number of amides is 3. The Labute approximate surface area is 284 Å². The molecule has 4 rings (SSSR count). The molecule has 0 aromatic heterocycles. The summed E-state index contributed by atoms with van der Waals surface area (Å²) < 4.78 is 18.4. The van der Waals surface area contributed by atoms with E-state index in [1.807, 2.05) is 37.3 Å². The van der Waals surface area contributed by atoms with Gasteiger partial charge in [-0.1, -0.05) is 55.8 Å². The average molecular weight is 668 g/mol. The predicted molar refractivity (Wildman–Crippen MR) is 180 cm³/mol. The summed E-state index contributed by atoms with van der Waals surface area (Å²) in [6, 6.07) is 7.43. The van der Waals surface area contributed by atoms with E-state index in [9.17, 15) is 24.3 Å². The smallest absolute Gasteiger partial charge is 0.313 e. The highest BCUT2D eigenvalue weighted by molar-refractivity contribution is 5.98. The van der Waals surface area contributed by atoms with Gasteiger partial charge in [-0.2, -0.15) is 0 Å². The molecule has 3 aliphatic heterocycles. The zero-order valence-corrected chi connectivity index (χ0v) is 28.7. The minimum Gasteiger partial charge on any atom is -0.455 e. The first-order valence-corrected chi connectivity index (χ1v) is 17.3. The second-order valence-corrected chi connectivity index (χ2v) is 13.2. The molecule has 48 heavy (non-hydrogen) atoms. The number of esters is 1. The minimum atomic E-state index is -1.18. The SMILES string of the molecule is C=CCCC(=O)N[C@H](COC)[C@H](OC(=O)[C@@H]1[C@H]2C(=O)N(CCCCO)[C@H](C(=O)N(CC=C)C(C)CCC)[C@]23CC[C@H]1O3)c1ccccc1. The van der Waals surface area contributed by atoms with Gasteiger partial charge in [-0.3, -0.25) is 19.2 Å². The van der Waals surface area contributed by atoms with Crippen LogP contribution in [0.5, 0.6) is 0 Å². The fourth-order valence-electron chi connectivity index (χ4n) is 7.82. The largest absolute Gasteiger partial charge is 0.455 e. The molecule has 3 amide bonds. The van der Waals surface area contributed by atoms with Gasteiger partial charge in [0.05, 0.1) is 30.6 Å². The summed E-state index contributed by atoms with van der Waals surface area (Å²) in [5.74, 6) is -3.20. The number of methoxy groups -OCH3 is 1. The van der Waals surface area contributed by atoms with Crippen molar-refractivity contribution in [3.8, 4) is 0 Å². The van der Waals surface area contributed by atoms with Crippen LogP contribution in [0.3, 0.4) is 0 Å². The summed E-state index contributed by atoms with van der Waals surface area (Å²) in [6.45, 7) is 12.2. The van der Waals surface area contributed by atoms with E-state index >= 15 is 0 Å². The van der Waals surface area contributed by atoms with Gasteiger partial charge >= 0.3 is 5.97 Å². The third-order valence-electron chi connectivity index (χ3n) is 9.97. The number of aliphatic hydroxyl groups excluding tert-OH is 1. The van der Waals surface area contributed by atoms with E-state index < -0.39 is 47.7 Å². The van der Waals surface area contributed by atoms with E-state index in [0.717, 1.165) is 12.8 Å².